The molecule has 0 aliphatic rings. The fraction of sp³-hybridized carbons (Fsp3) is 0.318. The first-order valence-corrected chi connectivity index (χ1v) is 12.7. The predicted octanol–water partition coefficient (Wildman–Crippen LogP) is 3.06. The summed E-state index contributed by atoms with van der Waals surface area (Å²) in [6, 6.07) is 9.81. The molecule has 0 saturated carbocycles. The third kappa shape index (κ3) is 7.24. The molecule has 0 spiro atoms. The van der Waals surface area contributed by atoms with Gasteiger partial charge in [0.15, 0.2) is 6.61 Å². The van der Waals surface area contributed by atoms with Crippen LogP contribution in [-0.4, -0.2) is 44.7 Å². The number of benzene rings is 1. The molecule has 0 saturated heterocycles. The minimum absolute atomic E-state index is 0.250. The Hall–Kier alpha value is -3.02. The van der Waals surface area contributed by atoms with E-state index < -0.39 is 16.0 Å². The standard InChI is InChI=1S/C22H24N2O7S2/c1-14-19(15(2)31-24-14)12-29-17-6-4-16(5-7-17)22(26)30-13-20(25)21-9-8-18(32-21)10-11-23-33(3,27)28/h4-9,23H,10-13H2,1-3H3. The van der Waals surface area contributed by atoms with E-state index in [2.05, 4.69) is 9.88 Å². The van der Waals surface area contributed by atoms with Gasteiger partial charge in [-0.05, 0) is 56.7 Å². The second-order valence-corrected chi connectivity index (χ2v) is 10.3. The largest absolute Gasteiger partial charge is 0.489 e. The highest BCUT2D eigenvalue weighted by atomic mass is 32.2. The van der Waals surface area contributed by atoms with Gasteiger partial charge in [0, 0.05) is 11.4 Å². The van der Waals surface area contributed by atoms with Crippen molar-refractivity contribution < 1.29 is 32.0 Å². The van der Waals surface area contributed by atoms with Crippen LogP contribution in [0.5, 0.6) is 5.75 Å². The molecule has 0 radical (unpaired) electrons. The fourth-order valence-electron chi connectivity index (χ4n) is 2.86. The minimum atomic E-state index is -3.25. The van der Waals surface area contributed by atoms with E-state index in [1.807, 2.05) is 13.8 Å². The summed E-state index contributed by atoms with van der Waals surface area (Å²) in [5, 5.41) is 3.88. The highest BCUT2D eigenvalue weighted by Crippen LogP contribution is 2.20. The summed E-state index contributed by atoms with van der Waals surface area (Å²) >= 11 is 1.24. The molecule has 1 N–H and O–H groups in total. The number of sulfonamides is 1. The molecule has 3 aromatic rings. The molecule has 0 unspecified atom stereocenters. The third-order valence-electron chi connectivity index (χ3n) is 4.66. The lowest BCUT2D eigenvalue weighted by atomic mass is 10.2. The molecule has 11 heteroatoms. The summed E-state index contributed by atoms with van der Waals surface area (Å²) in [7, 11) is -3.25. The lowest BCUT2D eigenvalue weighted by molar-refractivity contribution is 0.0476. The molecule has 0 bridgehead atoms. The number of carbonyl (C=O) groups excluding carboxylic acids is 2. The normalized spacial score (nSPS) is 11.4. The number of ketones is 1. The van der Waals surface area contributed by atoms with Gasteiger partial charge >= 0.3 is 5.97 Å². The lowest BCUT2D eigenvalue weighted by Crippen LogP contribution is -2.24. The monoisotopic (exact) mass is 492 g/mol. The van der Waals surface area contributed by atoms with Crippen molar-refractivity contribution in [3.8, 4) is 5.75 Å². The van der Waals surface area contributed by atoms with E-state index in [0.29, 0.717) is 35.0 Å². The Morgan fingerprint density at radius 3 is 2.48 bits per heavy atom. The van der Waals surface area contributed by atoms with Crippen LogP contribution in [0.4, 0.5) is 0 Å². The number of nitrogens with one attached hydrogen (secondary N) is 1. The lowest BCUT2D eigenvalue weighted by Gasteiger charge is -2.07. The molecule has 0 fully saturated rings. The molecule has 3 rings (SSSR count). The van der Waals surface area contributed by atoms with Crippen LogP contribution in [0.3, 0.4) is 0 Å². The maximum Gasteiger partial charge on any atom is 0.338 e. The average molecular weight is 493 g/mol. The zero-order valence-corrected chi connectivity index (χ0v) is 20.0. The van der Waals surface area contributed by atoms with Crippen LogP contribution >= 0.6 is 11.3 Å². The number of hydrogen-bond donors (Lipinski definition) is 1. The Bertz CT molecular complexity index is 1210. The summed E-state index contributed by atoms with van der Waals surface area (Å²) in [6.07, 6.45) is 1.56. The molecule has 2 aromatic heterocycles. The minimum Gasteiger partial charge on any atom is -0.489 e. The molecule has 0 atom stereocenters. The van der Waals surface area contributed by atoms with E-state index in [1.54, 1.807) is 36.4 Å². The van der Waals surface area contributed by atoms with Crippen LogP contribution in [0.25, 0.3) is 0 Å². The highest BCUT2D eigenvalue weighted by molar-refractivity contribution is 7.88. The summed E-state index contributed by atoms with van der Waals surface area (Å²) in [6.45, 7) is 3.81. The van der Waals surface area contributed by atoms with Crippen molar-refractivity contribution in [3.05, 3.63) is 68.7 Å². The van der Waals surface area contributed by atoms with Gasteiger partial charge in [-0.15, -0.1) is 11.3 Å². The fourth-order valence-corrected chi connectivity index (χ4v) is 4.26. The summed E-state index contributed by atoms with van der Waals surface area (Å²) in [5.41, 5.74) is 1.94. The zero-order chi connectivity index (χ0) is 24.0. The summed E-state index contributed by atoms with van der Waals surface area (Å²) in [5.74, 6) is 0.324. The van der Waals surface area contributed by atoms with E-state index in [1.165, 1.54) is 11.3 Å². The maximum absolute atomic E-state index is 12.3. The van der Waals surface area contributed by atoms with Gasteiger partial charge in [-0.25, -0.2) is 17.9 Å². The Kier molecular flexibility index (Phi) is 8.01. The van der Waals surface area contributed by atoms with Crippen molar-refractivity contribution in [3.63, 3.8) is 0 Å². The zero-order valence-electron chi connectivity index (χ0n) is 18.4. The number of Topliss-reactive ketones (excluding diaryl/α,β-unsaturated/α-hetero) is 1. The third-order valence-corrected chi connectivity index (χ3v) is 6.58. The van der Waals surface area contributed by atoms with Crippen molar-refractivity contribution in [2.75, 3.05) is 19.4 Å². The van der Waals surface area contributed by atoms with Gasteiger partial charge in [0.05, 0.1) is 28.0 Å². The number of nitrogens with zero attached hydrogens (tertiary/aromatic N) is 1. The van der Waals surface area contributed by atoms with Crippen LogP contribution in [0.1, 0.15) is 41.9 Å². The SMILES string of the molecule is Cc1noc(C)c1COc1ccc(C(=O)OCC(=O)c2ccc(CCNS(C)(=O)=O)s2)cc1. The number of ether oxygens (including phenoxy) is 2. The number of thiophene rings is 1. The number of aromatic nitrogens is 1. The molecule has 0 amide bonds. The van der Waals surface area contributed by atoms with Gasteiger partial charge in [0.2, 0.25) is 15.8 Å². The molecule has 2 heterocycles. The van der Waals surface area contributed by atoms with E-state index in [0.717, 1.165) is 22.4 Å². The van der Waals surface area contributed by atoms with E-state index in [9.17, 15) is 18.0 Å². The van der Waals surface area contributed by atoms with Crippen molar-refractivity contribution in [1.82, 2.24) is 9.88 Å². The van der Waals surface area contributed by atoms with E-state index in [-0.39, 0.29) is 18.9 Å². The van der Waals surface area contributed by atoms with Crippen LogP contribution in [0, 0.1) is 13.8 Å². The Balaban J connectivity index is 1.47. The van der Waals surface area contributed by atoms with Crippen molar-refractivity contribution in [2.45, 2.75) is 26.9 Å². The summed E-state index contributed by atoms with van der Waals surface area (Å²) < 4.78 is 40.5. The molecule has 0 aliphatic carbocycles. The van der Waals surface area contributed by atoms with Gasteiger partial charge in [-0.2, -0.15) is 0 Å². The van der Waals surface area contributed by atoms with Crippen LogP contribution in [0.2, 0.25) is 0 Å². The first-order valence-electron chi connectivity index (χ1n) is 10.0. The maximum atomic E-state index is 12.3. The van der Waals surface area contributed by atoms with Gasteiger partial charge in [0.25, 0.3) is 0 Å². The van der Waals surface area contributed by atoms with Gasteiger partial charge in [-0.1, -0.05) is 5.16 Å². The molecule has 9 nitrogen and oxygen atoms in total. The molecule has 1 aromatic carbocycles. The quantitative estimate of drug-likeness (QED) is 0.320. The Morgan fingerprint density at radius 1 is 1.12 bits per heavy atom. The number of aryl methyl sites for hydroxylation is 2. The average Bonchev–Trinajstić information content (AvgIpc) is 3.36. The second-order valence-electron chi connectivity index (χ2n) is 7.30. The smallest absolute Gasteiger partial charge is 0.338 e. The molecular weight excluding hydrogens is 468 g/mol. The number of esters is 1. The Labute approximate surface area is 195 Å². The van der Waals surface area contributed by atoms with Gasteiger partial charge < -0.3 is 14.0 Å². The van der Waals surface area contributed by atoms with E-state index >= 15 is 0 Å². The van der Waals surface area contributed by atoms with E-state index in [4.69, 9.17) is 14.0 Å². The molecule has 33 heavy (non-hydrogen) atoms. The predicted molar refractivity (Wildman–Crippen MR) is 122 cm³/mol. The Morgan fingerprint density at radius 2 is 1.85 bits per heavy atom. The first-order chi connectivity index (χ1) is 15.6. The van der Waals surface area contributed by atoms with Crippen LogP contribution in [-0.2, 0) is 27.8 Å². The van der Waals surface area contributed by atoms with Crippen molar-refractivity contribution >= 4 is 33.1 Å². The summed E-state index contributed by atoms with van der Waals surface area (Å²) in [4.78, 5) is 25.9. The van der Waals surface area contributed by atoms with Crippen LogP contribution in [0.15, 0.2) is 40.9 Å². The van der Waals surface area contributed by atoms with Crippen molar-refractivity contribution in [1.29, 1.82) is 0 Å². The van der Waals surface area contributed by atoms with Crippen molar-refractivity contribution in [2.24, 2.45) is 0 Å². The molecule has 176 valence electrons. The van der Waals surface area contributed by atoms with Gasteiger partial charge in [0.1, 0.15) is 18.1 Å². The highest BCUT2D eigenvalue weighted by Gasteiger charge is 2.15. The topological polar surface area (TPSA) is 125 Å². The molecular formula is C22H24N2O7S2. The van der Waals surface area contributed by atoms with Crippen LogP contribution < -0.4 is 9.46 Å². The second kappa shape index (κ2) is 10.7. The number of carbonyl (C=O) groups is 2. The number of rotatable bonds is 11. The van der Waals surface area contributed by atoms with Gasteiger partial charge in [-0.3, -0.25) is 4.79 Å². The first kappa shape index (κ1) is 24.6. The molecule has 0 aliphatic heterocycles. The number of hydrogen-bond acceptors (Lipinski definition) is 9.